The maximum atomic E-state index is 4.17. The lowest BCUT2D eigenvalue weighted by atomic mass is 10.1. The number of hydrogen-bond donors (Lipinski definition) is 1. The average Bonchev–Trinajstić information content (AvgIpc) is 2.85. The molecule has 0 aliphatic heterocycles. The van der Waals surface area contributed by atoms with Crippen LogP contribution in [-0.2, 0) is 13.0 Å². The van der Waals surface area contributed by atoms with Crippen molar-refractivity contribution in [2.75, 3.05) is 5.32 Å². The van der Waals surface area contributed by atoms with Gasteiger partial charge in [-0.15, -0.1) is 0 Å². The fraction of sp³-hybridized carbons (Fsp3) is 0.267. The molecule has 3 heteroatoms. The lowest BCUT2D eigenvalue weighted by Gasteiger charge is -2.13. The van der Waals surface area contributed by atoms with Gasteiger partial charge in [-0.25, -0.2) is 4.68 Å². The van der Waals surface area contributed by atoms with E-state index in [1.807, 2.05) is 12.4 Å². The summed E-state index contributed by atoms with van der Waals surface area (Å²) < 4.78 is 1.72. The first-order valence-corrected chi connectivity index (χ1v) is 6.22. The predicted molar refractivity (Wildman–Crippen MR) is 76.5 cm³/mol. The van der Waals surface area contributed by atoms with Gasteiger partial charge in [0.1, 0.15) is 0 Å². The third-order valence-corrected chi connectivity index (χ3v) is 3.05. The zero-order valence-electron chi connectivity index (χ0n) is 11.0. The molecular formula is C15H19N3. The van der Waals surface area contributed by atoms with Gasteiger partial charge in [0.2, 0.25) is 0 Å². The summed E-state index contributed by atoms with van der Waals surface area (Å²) in [5, 5.41) is 7.67. The summed E-state index contributed by atoms with van der Waals surface area (Å²) in [4.78, 5) is 0. The Hall–Kier alpha value is -2.03. The van der Waals surface area contributed by atoms with Gasteiger partial charge in [0.15, 0.2) is 0 Å². The molecule has 0 aliphatic carbocycles. The summed E-state index contributed by atoms with van der Waals surface area (Å²) in [6.07, 6.45) is 6.56. The monoisotopic (exact) mass is 241 g/mol. The number of para-hydroxylation sites is 1. The first kappa shape index (κ1) is 12.4. The highest BCUT2D eigenvalue weighted by Crippen LogP contribution is 2.21. The third-order valence-electron chi connectivity index (χ3n) is 3.05. The number of aryl methyl sites for hydroxylation is 2. The second-order valence-electron chi connectivity index (χ2n) is 4.33. The molecule has 0 unspecified atom stereocenters. The van der Waals surface area contributed by atoms with E-state index in [-0.39, 0.29) is 0 Å². The molecule has 0 saturated heterocycles. The van der Waals surface area contributed by atoms with Gasteiger partial charge in [-0.1, -0.05) is 31.7 Å². The summed E-state index contributed by atoms with van der Waals surface area (Å²) >= 11 is 0. The number of nitrogens with one attached hydrogen (secondary N) is 1. The Kier molecular flexibility index (Phi) is 3.82. The fourth-order valence-corrected chi connectivity index (χ4v) is 2.04. The summed E-state index contributed by atoms with van der Waals surface area (Å²) in [6.45, 7) is 8.78. The maximum absolute atomic E-state index is 4.17. The van der Waals surface area contributed by atoms with Crippen molar-refractivity contribution in [1.82, 2.24) is 9.78 Å². The Morgan fingerprint density at radius 2 is 2.28 bits per heavy atom. The van der Waals surface area contributed by atoms with Crippen LogP contribution in [0.5, 0.6) is 0 Å². The highest BCUT2D eigenvalue weighted by molar-refractivity contribution is 5.57. The van der Waals surface area contributed by atoms with Crippen molar-refractivity contribution in [2.24, 2.45) is 0 Å². The largest absolute Gasteiger partial charge is 0.380 e. The molecule has 0 bridgehead atoms. The molecule has 1 aromatic heterocycles. The van der Waals surface area contributed by atoms with E-state index in [0.717, 1.165) is 18.5 Å². The predicted octanol–water partition coefficient (Wildman–Crippen LogP) is 3.47. The van der Waals surface area contributed by atoms with E-state index in [1.165, 1.54) is 16.8 Å². The van der Waals surface area contributed by atoms with E-state index in [4.69, 9.17) is 0 Å². The van der Waals surface area contributed by atoms with E-state index < -0.39 is 0 Å². The summed E-state index contributed by atoms with van der Waals surface area (Å²) in [5.74, 6) is 0. The summed E-state index contributed by atoms with van der Waals surface area (Å²) in [7, 11) is 0. The van der Waals surface area contributed by atoms with Gasteiger partial charge in [-0.05, 0) is 24.5 Å². The number of benzene rings is 1. The zero-order chi connectivity index (χ0) is 13.0. The Bertz CT molecular complexity index is 540. The van der Waals surface area contributed by atoms with Crippen LogP contribution in [-0.4, -0.2) is 9.78 Å². The number of aromatic nitrogens is 2. The SMILES string of the molecule is C=Cn1cc(CNc2c(C)cccc2CC)cn1. The van der Waals surface area contributed by atoms with E-state index >= 15 is 0 Å². The maximum Gasteiger partial charge on any atom is 0.0543 e. The fourth-order valence-electron chi connectivity index (χ4n) is 2.04. The molecule has 0 atom stereocenters. The molecule has 0 radical (unpaired) electrons. The second-order valence-corrected chi connectivity index (χ2v) is 4.33. The number of hydrogen-bond acceptors (Lipinski definition) is 2. The average molecular weight is 241 g/mol. The minimum Gasteiger partial charge on any atom is -0.380 e. The van der Waals surface area contributed by atoms with Gasteiger partial charge >= 0.3 is 0 Å². The van der Waals surface area contributed by atoms with Gasteiger partial charge in [0.25, 0.3) is 0 Å². The lowest BCUT2D eigenvalue weighted by molar-refractivity contribution is 0.936. The quantitative estimate of drug-likeness (QED) is 0.868. The minimum atomic E-state index is 0.783. The van der Waals surface area contributed by atoms with E-state index in [9.17, 15) is 0 Å². The Morgan fingerprint density at radius 3 is 2.94 bits per heavy atom. The molecule has 0 aliphatic rings. The molecule has 2 aromatic rings. The molecule has 3 nitrogen and oxygen atoms in total. The van der Waals surface area contributed by atoms with E-state index in [2.05, 4.69) is 49.0 Å². The first-order valence-electron chi connectivity index (χ1n) is 6.22. The minimum absolute atomic E-state index is 0.783. The van der Waals surface area contributed by atoms with Crippen molar-refractivity contribution in [3.05, 3.63) is 53.9 Å². The first-order chi connectivity index (χ1) is 8.74. The van der Waals surface area contributed by atoms with Crippen LogP contribution in [0, 0.1) is 6.92 Å². The standard InChI is InChI=1S/C15H19N3/c1-4-14-8-6-7-12(3)15(14)16-9-13-10-17-18(5-2)11-13/h5-8,10-11,16H,2,4,9H2,1,3H3. The molecule has 94 valence electrons. The van der Waals surface area contributed by atoms with Crippen LogP contribution in [0.1, 0.15) is 23.6 Å². The highest BCUT2D eigenvalue weighted by Gasteiger charge is 2.04. The highest BCUT2D eigenvalue weighted by atomic mass is 15.2. The normalized spacial score (nSPS) is 10.3. The van der Waals surface area contributed by atoms with Gasteiger partial charge in [-0.3, -0.25) is 0 Å². The molecule has 2 rings (SSSR count). The Morgan fingerprint density at radius 1 is 1.44 bits per heavy atom. The molecule has 0 fully saturated rings. The summed E-state index contributed by atoms with van der Waals surface area (Å²) in [5.41, 5.74) is 5.03. The number of nitrogens with zero attached hydrogens (tertiary/aromatic N) is 2. The van der Waals surface area contributed by atoms with Crippen molar-refractivity contribution in [1.29, 1.82) is 0 Å². The Labute approximate surface area is 108 Å². The zero-order valence-corrected chi connectivity index (χ0v) is 11.0. The van der Waals surface area contributed by atoms with Crippen LogP contribution >= 0.6 is 0 Å². The van der Waals surface area contributed by atoms with Crippen LogP contribution in [0.2, 0.25) is 0 Å². The van der Waals surface area contributed by atoms with Crippen LogP contribution in [0.25, 0.3) is 6.20 Å². The van der Waals surface area contributed by atoms with Crippen LogP contribution in [0.4, 0.5) is 5.69 Å². The van der Waals surface area contributed by atoms with Crippen molar-refractivity contribution in [3.8, 4) is 0 Å². The Balaban J connectivity index is 2.12. The van der Waals surface area contributed by atoms with Crippen molar-refractivity contribution in [2.45, 2.75) is 26.8 Å². The molecule has 1 N–H and O–H groups in total. The molecule has 1 aromatic carbocycles. The van der Waals surface area contributed by atoms with Gasteiger partial charge in [0, 0.05) is 30.2 Å². The molecule has 1 heterocycles. The van der Waals surface area contributed by atoms with E-state index in [0.29, 0.717) is 0 Å². The van der Waals surface area contributed by atoms with Crippen molar-refractivity contribution in [3.63, 3.8) is 0 Å². The van der Waals surface area contributed by atoms with Crippen LogP contribution in [0.3, 0.4) is 0 Å². The van der Waals surface area contributed by atoms with Crippen LogP contribution in [0.15, 0.2) is 37.2 Å². The van der Waals surface area contributed by atoms with Gasteiger partial charge < -0.3 is 5.32 Å². The number of rotatable bonds is 5. The third kappa shape index (κ3) is 2.62. The van der Waals surface area contributed by atoms with Gasteiger partial charge in [-0.2, -0.15) is 5.10 Å². The smallest absolute Gasteiger partial charge is 0.0543 e. The summed E-state index contributed by atoms with van der Waals surface area (Å²) in [6, 6.07) is 6.41. The van der Waals surface area contributed by atoms with Crippen LogP contribution < -0.4 is 5.32 Å². The van der Waals surface area contributed by atoms with Crippen molar-refractivity contribution < 1.29 is 0 Å². The second kappa shape index (κ2) is 5.54. The molecule has 0 amide bonds. The molecular weight excluding hydrogens is 222 g/mol. The molecule has 0 spiro atoms. The lowest BCUT2D eigenvalue weighted by Crippen LogP contribution is -2.03. The van der Waals surface area contributed by atoms with Crippen molar-refractivity contribution >= 4 is 11.9 Å². The topological polar surface area (TPSA) is 29.9 Å². The molecule has 18 heavy (non-hydrogen) atoms. The van der Waals surface area contributed by atoms with Gasteiger partial charge in [0.05, 0.1) is 6.20 Å². The van der Waals surface area contributed by atoms with E-state index in [1.54, 1.807) is 10.9 Å². The number of anilines is 1. The molecule has 0 saturated carbocycles.